The Labute approximate surface area is 194 Å². The summed E-state index contributed by atoms with van der Waals surface area (Å²) in [5.41, 5.74) is 2.09. The Bertz CT molecular complexity index is 1240. The highest BCUT2D eigenvalue weighted by molar-refractivity contribution is 7.91. The van der Waals surface area contributed by atoms with Crippen LogP contribution < -0.4 is 5.32 Å². The molecule has 0 aliphatic carbocycles. The van der Waals surface area contributed by atoms with Gasteiger partial charge in [-0.15, -0.1) is 11.3 Å². The van der Waals surface area contributed by atoms with Crippen LogP contribution in [0.3, 0.4) is 0 Å². The van der Waals surface area contributed by atoms with Gasteiger partial charge in [-0.2, -0.15) is 4.31 Å². The van der Waals surface area contributed by atoms with Gasteiger partial charge in [0.1, 0.15) is 10.0 Å². The molecule has 172 valence electrons. The molecule has 0 radical (unpaired) electrons. The van der Waals surface area contributed by atoms with Crippen molar-refractivity contribution in [3.8, 4) is 0 Å². The summed E-state index contributed by atoms with van der Waals surface area (Å²) >= 11 is 1.12. The van der Waals surface area contributed by atoms with Crippen molar-refractivity contribution in [2.45, 2.75) is 23.1 Å². The molecule has 1 aliphatic rings. The van der Waals surface area contributed by atoms with E-state index in [0.29, 0.717) is 12.1 Å². The van der Waals surface area contributed by atoms with Crippen molar-refractivity contribution in [3.63, 3.8) is 0 Å². The summed E-state index contributed by atoms with van der Waals surface area (Å²) in [6, 6.07) is 15.0. The Morgan fingerprint density at radius 1 is 1.09 bits per heavy atom. The minimum atomic E-state index is -3.80. The Hall–Kier alpha value is -3.08. The lowest BCUT2D eigenvalue weighted by molar-refractivity contribution is -0.148. The predicted octanol–water partition coefficient (Wildman–Crippen LogP) is 3.75. The first kappa shape index (κ1) is 23.1. The largest absolute Gasteiger partial charge is 0.456 e. The van der Waals surface area contributed by atoms with Gasteiger partial charge in [0.2, 0.25) is 0 Å². The third-order valence-electron chi connectivity index (χ3n) is 5.27. The summed E-state index contributed by atoms with van der Waals surface area (Å²) in [7, 11) is -3.80. The maximum atomic E-state index is 13.2. The van der Waals surface area contributed by atoms with Crippen molar-refractivity contribution < 1.29 is 27.1 Å². The van der Waals surface area contributed by atoms with Crippen LogP contribution in [0, 0.1) is 5.82 Å². The van der Waals surface area contributed by atoms with Crippen molar-refractivity contribution >= 4 is 38.9 Å². The van der Waals surface area contributed by atoms with Crippen LogP contribution in [0.15, 0.2) is 70.3 Å². The molecule has 1 aliphatic heterocycles. The number of esters is 1. The number of sulfonamides is 1. The number of carbonyl (C=O) groups is 2. The maximum Gasteiger partial charge on any atom is 0.308 e. The fraction of sp³-hybridized carbons (Fsp3) is 0.217. The monoisotopic (exact) mass is 488 g/mol. The fourth-order valence-electron chi connectivity index (χ4n) is 3.75. The van der Waals surface area contributed by atoms with Crippen LogP contribution >= 0.6 is 11.3 Å². The summed E-state index contributed by atoms with van der Waals surface area (Å²) < 4.78 is 46.1. The van der Waals surface area contributed by atoms with Gasteiger partial charge in [0, 0.05) is 12.2 Å². The van der Waals surface area contributed by atoms with E-state index in [9.17, 15) is 22.4 Å². The van der Waals surface area contributed by atoms with E-state index in [2.05, 4.69) is 5.32 Å². The normalized spacial score (nSPS) is 16.1. The second-order valence-corrected chi connectivity index (χ2v) is 10.5. The molecule has 1 atom stereocenters. The first-order valence-electron chi connectivity index (χ1n) is 10.2. The number of fused-ring (bicyclic) bond motifs is 1. The minimum absolute atomic E-state index is 0.207. The summed E-state index contributed by atoms with van der Waals surface area (Å²) in [5.74, 6) is -1.71. The second kappa shape index (κ2) is 9.82. The number of thiophene rings is 1. The lowest BCUT2D eigenvalue weighted by atomic mass is 9.92. The molecule has 3 aromatic rings. The Morgan fingerprint density at radius 3 is 2.58 bits per heavy atom. The first-order chi connectivity index (χ1) is 15.8. The second-order valence-electron chi connectivity index (χ2n) is 7.43. The van der Waals surface area contributed by atoms with E-state index in [1.807, 2.05) is 18.2 Å². The number of hydrogen-bond acceptors (Lipinski definition) is 6. The van der Waals surface area contributed by atoms with E-state index in [1.165, 1.54) is 34.6 Å². The molecule has 33 heavy (non-hydrogen) atoms. The number of benzene rings is 2. The molecule has 0 saturated heterocycles. The smallest absolute Gasteiger partial charge is 0.308 e. The van der Waals surface area contributed by atoms with Gasteiger partial charge >= 0.3 is 5.97 Å². The number of amides is 1. The number of anilines is 1. The third kappa shape index (κ3) is 5.29. The maximum absolute atomic E-state index is 13.2. The molecule has 10 heteroatoms. The van der Waals surface area contributed by atoms with Crippen LogP contribution in [0.4, 0.5) is 10.1 Å². The molecule has 0 spiro atoms. The minimum Gasteiger partial charge on any atom is -0.456 e. The van der Waals surface area contributed by atoms with Crippen molar-refractivity contribution in [2.24, 2.45) is 0 Å². The summed E-state index contributed by atoms with van der Waals surface area (Å²) in [6.07, 6.45) is 0.303. The Morgan fingerprint density at radius 2 is 1.85 bits per heavy atom. The van der Waals surface area contributed by atoms with Crippen LogP contribution in [0.5, 0.6) is 0 Å². The number of rotatable bonds is 7. The highest BCUT2D eigenvalue weighted by atomic mass is 32.2. The molecule has 0 bridgehead atoms. The van der Waals surface area contributed by atoms with Crippen molar-refractivity contribution in [2.75, 3.05) is 18.5 Å². The fourth-order valence-corrected chi connectivity index (χ4v) is 6.47. The topological polar surface area (TPSA) is 92.8 Å². The van der Waals surface area contributed by atoms with Crippen molar-refractivity contribution in [3.05, 3.63) is 83.0 Å². The molecular weight excluding hydrogens is 467 g/mol. The zero-order valence-corrected chi connectivity index (χ0v) is 19.1. The highest BCUT2D eigenvalue weighted by Crippen LogP contribution is 2.37. The molecule has 0 saturated carbocycles. The van der Waals surface area contributed by atoms with Gasteiger partial charge < -0.3 is 10.1 Å². The van der Waals surface area contributed by atoms with Crippen molar-refractivity contribution in [1.29, 1.82) is 0 Å². The number of hydrogen-bond donors (Lipinski definition) is 1. The van der Waals surface area contributed by atoms with Crippen LogP contribution in [-0.2, 0) is 30.8 Å². The third-order valence-corrected chi connectivity index (χ3v) is 8.55. The molecule has 1 N–H and O–H groups in total. The van der Waals surface area contributed by atoms with Gasteiger partial charge in [-0.3, -0.25) is 9.59 Å². The van der Waals surface area contributed by atoms with E-state index in [1.54, 1.807) is 17.5 Å². The van der Waals surface area contributed by atoms with Gasteiger partial charge in [0.25, 0.3) is 15.9 Å². The average molecular weight is 489 g/mol. The molecule has 4 rings (SSSR count). The first-order valence-corrected chi connectivity index (χ1v) is 12.5. The van der Waals surface area contributed by atoms with Crippen LogP contribution in [0.25, 0.3) is 0 Å². The predicted molar refractivity (Wildman–Crippen MR) is 122 cm³/mol. The number of halogens is 1. The molecule has 1 unspecified atom stereocenters. The van der Waals surface area contributed by atoms with E-state index in [-0.39, 0.29) is 17.2 Å². The van der Waals surface area contributed by atoms with Gasteiger partial charge in [0.05, 0.1) is 12.5 Å². The number of nitrogens with one attached hydrogen (secondary N) is 1. The number of ether oxygens (including phenoxy) is 1. The summed E-state index contributed by atoms with van der Waals surface area (Å²) in [4.78, 5) is 24.7. The standard InChI is InChI=1S/C23H21FN2O5S2/c24-17-7-9-18(10-8-17)25-21(27)15-31-22(28)14-20-19-5-2-1-4-16(19)11-12-26(20)33(29,30)23-6-3-13-32-23/h1-10,13,20H,11-12,14-15H2,(H,25,27). The van der Waals surface area contributed by atoms with Crippen LogP contribution in [0.2, 0.25) is 0 Å². The molecule has 2 aromatic carbocycles. The van der Waals surface area contributed by atoms with Crippen molar-refractivity contribution in [1.82, 2.24) is 4.31 Å². The van der Waals surface area contributed by atoms with E-state index in [0.717, 1.165) is 22.5 Å². The summed E-state index contributed by atoms with van der Waals surface area (Å²) in [5, 5.41) is 4.20. The Kier molecular flexibility index (Phi) is 6.87. The van der Waals surface area contributed by atoms with E-state index >= 15 is 0 Å². The van der Waals surface area contributed by atoms with Gasteiger partial charge in [-0.25, -0.2) is 12.8 Å². The van der Waals surface area contributed by atoms with Crippen LogP contribution in [-0.4, -0.2) is 37.8 Å². The average Bonchev–Trinajstić information content (AvgIpc) is 3.35. The van der Waals surface area contributed by atoms with Crippen LogP contribution in [0.1, 0.15) is 23.6 Å². The highest BCUT2D eigenvalue weighted by Gasteiger charge is 2.38. The van der Waals surface area contributed by atoms with Gasteiger partial charge in [-0.05, 0) is 53.3 Å². The van der Waals surface area contributed by atoms with E-state index in [4.69, 9.17) is 4.74 Å². The van der Waals surface area contributed by atoms with Gasteiger partial charge in [0.15, 0.2) is 6.61 Å². The van der Waals surface area contributed by atoms with E-state index < -0.39 is 40.4 Å². The molecule has 0 fully saturated rings. The Balaban J connectivity index is 1.46. The lowest BCUT2D eigenvalue weighted by Gasteiger charge is -2.35. The molecular formula is C23H21FN2O5S2. The number of nitrogens with zero attached hydrogens (tertiary/aromatic N) is 1. The zero-order chi connectivity index (χ0) is 23.4. The lowest BCUT2D eigenvalue weighted by Crippen LogP contribution is -2.41. The molecule has 7 nitrogen and oxygen atoms in total. The molecule has 1 aromatic heterocycles. The molecule has 2 heterocycles. The quantitative estimate of drug-likeness (QED) is 0.512. The SMILES string of the molecule is O=C(COC(=O)CC1c2ccccc2CCN1S(=O)(=O)c1cccs1)Nc1ccc(F)cc1. The number of carbonyl (C=O) groups excluding carboxylic acids is 2. The molecule has 1 amide bonds. The summed E-state index contributed by atoms with van der Waals surface area (Å²) in [6.45, 7) is -0.303. The van der Waals surface area contributed by atoms with Gasteiger partial charge in [-0.1, -0.05) is 30.3 Å². The zero-order valence-electron chi connectivity index (χ0n) is 17.4.